The van der Waals surface area contributed by atoms with E-state index in [1.54, 1.807) is 11.8 Å². The summed E-state index contributed by atoms with van der Waals surface area (Å²) < 4.78 is 0. The van der Waals surface area contributed by atoms with Crippen molar-refractivity contribution in [1.29, 1.82) is 0 Å². The van der Waals surface area contributed by atoms with E-state index >= 15 is 0 Å². The van der Waals surface area contributed by atoms with Crippen LogP contribution in [0.25, 0.3) is 0 Å². The Bertz CT molecular complexity index is 270. The Morgan fingerprint density at radius 2 is 2.29 bits per heavy atom. The smallest absolute Gasteiger partial charge is 0.326 e. The Morgan fingerprint density at radius 1 is 1.53 bits per heavy atom. The average molecular weight is 261 g/mol. The molecule has 1 unspecified atom stereocenters. The van der Waals surface area contributed by atoms with E-state index < -0.39 is 12.0 Å². The highest BCUT2D eigenvalue weighted by Gasteiger charge is 2.26. The third-order valence-electron chi connectivity index (χ3n) is 2.59. The number of hydrogen-bond acceptors (Lipinski definition) is 5. The van der Waals surface area contributed by atoms with Crippen molar-refractivity contribution in [3.05, 3.63) is 0 Å². The van der Waals surface area contributed by atoms with Crippen LogP contribution in [0.1, 0.15) is 19.3 Å². The number of aliphatic carboxylic acids is 1. The maximum Gasteiger partial charge on any atom is 0.326 e. The predicted octanol–water partition coefficient (Wildman–Crippen LogP) is -0.653. The molecule has 98 valence electrons. The second-order valence-corrected chi connectivity index (χ2v) is 4.99. The summed E-state index contributed by atoms with van der Waals surface area (Å²) in [6.45, 7) is 0.543. The molecule has 7 heteroatoms. The van der Waals surface area contributed by atoms with Crippen molar-refractivity contribution in [3.8, 4) is 0 Å². The standard InChI is InChI=1S/C10H19N3O3S/c11-4-2-1-3-7(10(15)16)13-9(14)8-5-17-6-12-8/h7-8,12H,1-6,11H2,(H,13,14)(H,15,16)/t7-,8?/m0/s1. The van der Waals surface area contributed by atoms with Crippen LogP contribution in [-0.2, 0) is 9.59 Å². The molecule has 17 heavy (non-hydrogen) atoms. The zero-order valence-electron chi connectivity index (χ0n) is 9.65. The molecule has 1 saturated heterocycles. The number of nitrogens with two attached hydrogens (primary N) is 1. The van der Waals surface area contributed by atoms with E-state index in [0.29, 0.717) is 25.1 Å². The fourth-order valence-electron chi connectivity index (χ4n) is 1.59. The number of carboxylic acids is 1. The van der Waals surface area contributed by atoms with Crippen LogP contribution in [0.2, 0.25) is 0 Å². The van der Waals surface area contributed by atoms with E-state index in [0.717, 1.165) is 12.3 Å². The topological polar surface area (TPSA) is 104 Å². The minimum absolute atomic E-state index is 0.227. The molecule has 1 fully saturated rings. The molecule has 1 heterocycles. The van der Waals surface area contributed by atoms with Gasteiger partial charge >= 0.3 is 5.97 Å². The molecule has 0 aliphatic carbocycles. The minimum atomic E-state index is -0.985. The number of carbonyl (C=O) groups excluding carboxylic acids is 1. The van der Waals surface area contributed by atoms with E-state index in [-0.39, 0.29) is 11.9 Å². The third-order valence-corrected chi connectivity index (χ3v) is 3.53. The highest BCUT2D eigenvalue weighted by Crippen LogP contribution is 2.10. The van der Waals surface area contributed by atoms with Gasteiger partial charge < -0.3 is 16.2 Å². The van der Waals surface area contributed by atoms with Crippen molar-refractivity contribution in [3.63, 3.8) is 0 Å². The Labute approximate surface area is 105 Å². The summed E-state index contributed by atoms with van der Waals surface area (Å²) in [4.78, 5) is 22.7. The monoisotopic (exact) mass is 261 g/mol. The molecule has 5 N–H and O–H groups in total. The van der Waals surface area contributed by atoms with Gasteiger partial charge in [-0.1, -0.05) is 0 Å². The summed E-state index contributed by atoms with van der Waals surface area (Å²) in [5.74, 6) is 0.223. The molecule has 1 aliphatic rings. The van der Waals surface area contributed by atoms with Gasteiger partial charge in [0.2, 0.25) is 5.91 Å². The van der Waals surface area contributed by atoms with Gasteiger partial charge in [-0.15, -0.1) is 11.8 Å². The SMILES string of the molecule is NCCCC[C@H](NC(=O)C1CSCN1)C(=O)O. The van der Waals surface area contributed by atoms with Gasteiger partial charge in [0, 0.05) is 11.6 Å². The molecule has 0 spiro atoms. The number of amides is 1. The maximum atomic E-state index is 11.7. The summed E-state index contributed by atoms with van der Waals surface area (Å²) in [7, 11) is 0. The molecule has 1 amide bonds. The second kappa shape index (κ2) is 7.52. The number of nitrogens with one attached hydrogen (secondary N) is 2. The summed E-state index contributed by atoms with van der Waals surface area (Å²) in [6, 6.07) is -1.07. The molecule has 1 rings (SSSR count). The lowest BCUT2D eigenvalue weighted by Gasteiger charge is -2.17. The van der Waals surface area contributed by atoms with Gasteiger partial charge in [0.25, 0.3) is 0 Å². The van der Waals surface area contributed by atoms with Gasteiger partial charge in [-0.3, -0.25) is 10.1 Å². The lowest BCUT2D eigenvalue weighted by molar-refractivity contribution is -0.142. The largest absolute Gasteiger partial charge is 0.480 e. The van der Waals surface area contributed by atoms with Crippen molar-refractivity contribution in [1.82, 2.24) is 10.6 Å². The zero-order chi connectivity index (χ0) is 12.7. The van der Waals surface area contributed by atoms with Gasteiger partial charge in [0.05, 0.1) is 6.04 Å². The lowest BCUT2D eigenvalue weighted by atomic mass is 10.1. The molecular weight excluding hydrogens is 242 g/mol. The van der Waals surface area contributed by atoms with Crippen molar-refractivity contribution in [2.75, 3.05) is 18.2 Å². The fourth-order valence-corrected chi connectivity index (χ4v) is 2.53. The summed E-state index contributed by atoms with van der Waals surface area (Å²) >= 11 is 1.63. The van der Waals surface area contributed by atoms with Crippen molar-refractivity contribution in [2.45, 2.75) is 31.3 Å². The molecule has 0 aromatic rings. The lowest BCUT2D eigenvalue weighted by Crippen LogP contribution is -2.49. The maximum absolute atomic E-state index is 11.7. The molecule has 2 atom stereocenters. The Hall–Kier alpha value is -0.790. The molecule has 0 radical (unpaired) electrons. The van der Waals surface area contributed by atoms with Crippen LogP contribution in [0.15, 0.2) is 0 Å². The van der Waals surface area contributed by atoms with Crippen LogP contribution in [0.4, 0.5) is 0 Å². The summed E-state index contributed by atoms with van der Waals surface area (Å²) in [6.07, 6.45) is 1.91. The van der Waals surface area contributed by atoms with Crippen LogP contribution < -0.4 is 16.4 Å². The van der Waals surface area contributed by atoms with Gasteiger partial charge in [-0.25, -0.2) is 4.79 Å². The summed E-state index contributed by atoms with van der Waals surface area (Å²) in [5, 5.41) is 14.6. The Kier molecular flexibility index (Phi) is 6.31. The molecule has 0 aromatic carbocycles. The zero-order valence-corrected chi connectivity index (χ0v) is 10.5. The number of hydrogen-bond donors (Lipinski definition) is 4. The predicted molar refractivity (Wildman–Crippen MR) is 66.7 cm³/mol. The third kappa shape index (κ3) is 4.93. The minimum Gasteiger partial charge on any atom is -0.480 e. The van der Waals surface area contributed by atoms with Crippen molar-refractivity contribution < 1.29 is 14.7 Å². The highest BCUT2D eigenvalue weighted by molar-refractivity contribution is 7.99. The highest BCUT2D eigenvalue weighted by atomic mass is 32.2. The van der Waals surface area contributed by atoms with Crippen LogP contribution in [0, 0.1) is 0 Å². The number of carboxylic acid groups (broad SMARTS) is 1. The molecule has 0 bridgehead atoms. The van der Waals surface area contributed by atoms with E-state index in [1.165, 1.54) is 0 Å². The summed E-state index contributed by atoms with van der Waals surface area (Å²) in [5.41, 5.74) is 5.34. The van der Waals surface area contributed by atoms with Crippen molar-refractivity contribution in [2.24, 2.45) is 5.73 Å². The first kappa shape index (κ1) is 14.3. The molecule has 6 nitrogen and oxygen atoms in total. The van der Waals surface area contributed by atoms with E-state index in [1.807, 2.05) is 0 Å². The van der Waals surface area contributed by atoms with E-state index in [2.05, 4.69) is 10.6 Å². The quantitative estimate of drug-likeness (QED) is 0.454. The average Bonchev–Trinajstić information content (AvgIpc) is 2.81. The van der Waals surface area contributed by atoms with Gasteiger partial charge in [0.1, 0.15) is 6.04 Å². The number of rotatable bonds is 7. The Balaban J connectivity index is 2.36. The van der Waals surface area contributed by atoms with Crippen LogP contribution in [0.3, 0.4) is 0 Å². The van der Waals surface area contributed by atoms with Gasteiger partial charge in [-0.2, -0.15) is 0 Å². The molecule has 0 aromatic heterocycles. The van der Waals surface area contributed by atoms with E-state index in [4.69, 9.17) is 10.8 Å². The van der Waals surface area contributed by atoms with Gasteiger partial charge in [0.15, 0.2) is 0 Å². The molecule has 0 saturated carbocycles. The van der Waals surface area contributed by atoms with Gasteiger partial charge in [-0.05, 0) is 25.8 Å². The Morgan fingerprint density at radius 3 is 2.82 bits per heavy atom. The first-order chi connectivity index (χ1) is 8.15. The number of carbonyl (C=O) groups is 2. The molecular formula is C10H19N3O3S. The fraction of sp³-hybridized carbons (Fsp3) is 0.800. The molecule has 1 aliphatic heterocycles. The normalized spacial score (nSPS) is 21.1. The number of unbranched alkanes of at least 4 members (excludes halogenated alkanes) is 1. The van der Waals surface area contributed by atoms with Crippen molar-refractivity contribution >= 4 is 23.6 Å². The first-order valence-electron chi connectivity index (χ1n) is 5.69. The van der Waals surface area contributed by atoms with Crippen LogP contribution >= 0.6 is 11.8 Å². The van der Waals surface area contributed by atoms with Crippen LogP contribution in [-0.4, -0.2) is 47.2 Å². The van der Waals surface area contributed by atoms with E-state index in [9.17, 15) is 9.59 Å². The second-order valence-electron chi connectivity index (χ2n) is 3.96. The number of thioether (sulfide) groups is 1. The van der Waals surface area contributed by atoms with Crippen LogP contribution in [0.5, 0.6) is 0 Å². The first-order valence-corrected chi connectivity index (χ1v) is 6.85.